The second kappa shape index (κ2) is 10.0. The lowest BCUT2D eigenvalue weighted by atomic mass is 10.2. The molecular weight excluding hydrogens is 437 g/mol. The lowest BCUT2D eigenvalue weighted by Crippen LogP contribution is -2.25. The van der Waals surface area contributed by atoms with Gasteiger partial charge in [-0.25, -0.2) is 0 Å². The van der Waals surface area contributed by atoms with Crippen molar-refractivity contribution in [2.75, 3.05) is 0 Å². The molecule has 1 heterocycles. The van der Waals surface area contributed by atoms with E-state index >= 15 is 0 Å². The van der Waals surface area contributed by atoms with E-state index in [1.54, 1.807) is 11.3 Å². The van der Waals surface area contributed by atoms with Gasteiger partial charge in [-0.3, -0.25) is 4.74 Å². The third kappa shape index (κ3) is 4.54. The summed E-state index contributed by atoms with van der Waals surface area (Å²) in [6.07, 6.45) is 2.22. The Labute approximate surface area is 199 Å². The molecule has 0 aliphatic heterocycles. The number of nitrogens with zero attached hydrogens (tertiary/aromatic N) is 1. The average molecular weight is 462 g/mol. The Kier molecular flexibility index (Phi) is 6.48. The van der Waals surface area contributed by atoms with Gasteiger partial charge in [0.15, 0.2) is 0 Å². The van der Waals surface area contributed by atoms with Crippen molar-refractivity contribution in [2.24, 2.45) is 4.74 Å². The van der Waals surface area contributed by atoms with E-state index in [1.165, 1.54) is 20.8 Å². The van der Waals surface area contributed by atoms with Gasteiger partial charge in [-0.15, -0.1) is 11.3 Å². The van der Waals surface area contributed by atoms with E-state index in [0.717, 1.165) is 11.3 Å². The van der Waals surface area contributed by atoms with Crippen molar-refractivity contribution in [2.45, 2.75) is 0 Å². The Bertz CT molecular complexity index is 1270. The Morgan fingerprint density at radius 2 is 1.00 bits per heavy atom. The smallest absolute Gasteiger partial charge is 0.0803 e. The highest BCUT2D eigenvalue weighted by Gasteiger charge is 2.28. The molecule has 5 rings (SSSR count). The number of benzene rings is 4. The second-order valence-electron chi connectivity index (χ2n) is 7.66. The van der Waals surface area contributed by atoms with E-state index in [2.05, 4.69) is 145 Å². The van der Waals surface area contributed by atoms with Crippen molar-refractivity contribution in [1.29, 1.82) is 0 Å². The average Bonchev–Trinajstić information content (AvgIpc) is 3.44. The largest absolute Gasteiger partial charge is 0.252 e. The predicted molar refractivity (Wildman–Crippen MR) is 146 cm³/mol. The van der Waals surface area contributed by atoms with Crippen LogP contribution in [0.1, 0.15) is 10.4 Å². The fourth-order valence-corrected chi connectivity index (χ4v) is 8.29. The lowest BCUT2D eigenvalue weighted by Gasteiger charge is -2.27. The molecule has 0 saturated carbocycles. The fourth-order valence-electron chi connectivity index (χ4n) is 3.99. The van der Waals surface area contributed by atoms with Crippen LogP contribution >= 0.6 is 18.4 Å². The van der Waals surface area contributed by atoms with Crippen molar-refractivity contribution in [3.63, 3.8) is 0 Å². The van der Waals surface area contributed by atoms with Crippen LogP contribution < -0.4 is 15.9 Å². The van der Waals surface area contributed by atoms with Gasteiger partial charge >= 0.3 is 0 Å². The SMILES string of the molecule is C(=C(/N=P(c1ccccc1)(c1ccccc1)c1ccccc1)c1cccs1)/c1ccccc1. The quantitative estimate of drug-likeness (QED) is 0.233. The zero-order valence-electron chi connectivity index (χ0n) is 18.2. The fraction of sp³-hybridized carbons (Fsp3) is 0. The van der Waals surface area contributed by atoms with Crippen molar-refractivity contribution < 1.29 is 0 Å². The van der Waals surface area contributed by atoms with Crippen molar-refractivity contribution >= 4 is 46.1 Å². The van der Waals surface area contributed by atoms with Crippen LogP contribution in [0.4, 0.5) is 0 Å². The monoisotopic (exact) mass is 461 g/mol. The molecule has 0 fully saturated rings. The van der Waals surface area contributed by atoms with E-state index in [1.807, 2.05) is 0 Å². The maximum atomic E-state index is 5.74. The molecule has 0 atom stereocenters. The highest BCUT2D eigenvalue weighted by atomic mass is 32.1. The van der Waals surface area contributed by atoms with Gasteiger partial charge in [0.25, 0.3) is 0 Å². The van der Waals surface area contributed by atoms with E-state index in [4.69, 9.17) is 4.74 Å². The molecule has 0 aliphatic rings. The van der Waals surface area contributed by atoms with Crippen LogP contribution in [0.25, 0.3) is 11.8 Å². The standard InChI is InChI=1S/C30H24NPS/c1-5-14-25(15-6-1)24-29(30-22-13-23-33-30)31-32(26-16-7-2-8-17-26,27-18-9-3-10-19-27)28-20-11-4-12-21-28/h1-24H/b29-24-. The minimum Gasteiger partial charge on any atom is -0.252 e. The Morgan fingerprint density at radius 3 is 1.42 bits per heavy atom. The first-order valence-corrected chi connectivity index (χ1v) is 13.6. The summed E-state index contributed by atoms with van der Waals surface area (Å²) in [6, 6.07) is 47.1. The summed E-state index contributed by atoms with van der Waals surface area (Å²) < 4.78 is 5.74. The summed E-state index contributed by atoms with van der Waals surface area (Å²) in [4.78, 5) is 1.17. The summed E-state index contributed by atoms with van der Waals surface area (Å²) in [5.74, 6) is 0. The zero-order valence-corrected chi connectivity index (χ0v) is 19.9. The van der Waals surface area contributed by atoms with Gasteiger partial charge in [0.05, 0.1) is 17.6 Å². The van der Waals surface area contributed by atoms with Crippen LogP contribution in [0, 0.1) is 0 Å². The zero-order chi connectivity index (χ0) is 22.3. The van der Waals surface area contributed by atoms with E-state index in [9.17, 15) is 0 Å². The number of rotatable bonds is 6. The van der Waals surface area contributed by atoms with Crippen LogP contribution in [-0.4, -0.2) is 0 Å². The molecule has 0 bridgehead atoms. The first-order valence-electron chi connectivity index (χ1n) is 11.0. The minimum atomic E-state index is -2.32. The molecule has 0 saturated heterocycles. The highest BCUT2D eigenvalue weighted by molar-refractivity contribution is 7.87. The Hall–Kier alpha value is -3.45. The molecule has 1 nitrogen and oxygen atoms in total. The van der Waals surface area contributed by atoms with Crippen LogP contribution in [0.5, 0.6) is 0 Å². The summed E-state index contributed by atoms with van der Waals surface area (Å²) in [6.45, 7) is 0. The Balaban J connectivity index is 1.90. The summed E-state index contributed by atoms with van der Waals surface area (Å²) in [5, 5.41) is 5.87. The van der Waals surface area contributed by atoms with E-state index < -0.39 is 7.05 Å². The maximum absolute atomic E-state index is 5.74. The van der Waals surface area contributed by atoms with Gasteiger partial charge in [-0.05, 0) is 23.1 Å². The number of hydrogen-bond donors (Lipinski definition) is 0. The van der Waals surface area contributed by atoms with Gasteiger partial charge in [0, 0.05) is 15.9 Å². The molecule has 0 unspecified atom stereocenters. The molecule has 0 radical (unpaired) electrons. The number of thiophene rings is 1. The maximum Gasteiger partial charge on any atom is 0.0803 e. The normalized spacial score (nSPS) is 11.8. The third-order valence-electron chi connectivity index (χ3n) is 5.52. The number of hydrogen-bond acceptors (Lipinski definition) is 2. The van der Waals surface area contributed by atoms with Crippen LogP contribution in [0.2, 0.25) is 0 Å². The van der Waals surface area contributed by atoms with Gasteiger partial charge < -0.3 is 0 Å². The van der Waals surface area contributed by atoms with E-state index in [-0.39, 0.29) is 0 Å². The molecule has 1 aromatic heterocycles. The molecule has 0 amide bonds. The van der Waals surface area contributed by atoms with Crippen LogP contribution in [0.3, 0.4) is 0 Å². The molecule has 4 aromatic carbocycles. The predicted octanol–water partition coefficient (Wildman–Crippen LogP) is 7.42. The van der Waals surface area contributed by atoms with Crippen molar-refractivity contribution in [1.82, 2.24) is 0 Å². The molecule has 0 N–H and O–H groups in total. The summed E-state index contributed by atoms with van der Waals surface area (Å²) >= 11 is 1.73. The molecular formula is C30H24NPS. The van der Waals surface area contributed by atoms with Gasteiger partial charge in [0.2, 0.25) is 0 Å². The molecule has 0 aliphatic carbocycles. The molecule has 160 valence electrons. The third-order valence-corrected chi connectivity index (χ3v) is 10.1. The first-order chi connectivity index (χ1) is 16.4. The van der Waals surface area contributed by atoms with Crippen LogP contribution in [0.15, 0.2) is 144 Å². The molecule has 33 heavy (non-hydrogen) atoms. The summed E-state index contributed by atoms with van der Waals surface area (Å²) in [7, 11) is -2.32. The topological polar surface area (TPSA) is 12.4 Å². The molecule has 3 heteroatoms. The van der Waals surface area contributed by atoms with Gasteiger partial charge in [-0.2, -0.15) is 0 Å². The highest BCUT2D eigenvalue weighted by Crippen LogP contribution is 2.49. The molecule has 5 aromatic rings. The van der Waals surface area contributed by atoms with E-state index in [0.29, 0.717) is 0 Å². The van der Waals surface area contributed by atoms with Crippen LogP contribution in [-0.2, 0) is 0 Å². The van der Waals surface area contributed by atoms with Crippen molar-refractivity contribution in [3.8, 4) is 0 Å². The second-order valence-corrected chi connectivity index (χ2v) is 11.6. The minimum absolute atomic E-state index is 1.01. The van der Waals surface area contributed by atoms with Gasteiger partial charge in [-0.1, -0.05) is 127 Å². The molecule has 0 spiro atoms. The van der Waals surface area contributed by atoms with Crippen molar-refractivity contribution in [3.05, 3.63) is 149 Å². The Morgan fingerprint density at radius 1 is 0.545 bits per heavy atom. The summed E-state index contributed by atoms with van der Waals surface area (Å²) in [5.41, 5.74) is 2.16. The first kappa shape index (κ1) is 21.4. The van der Waals surface area contributed by atoms with Gasteiger partial charge in [0.1, 0.15) is 0 Å². The lowest BCUT2D eigenvalue weighted by molar-refractivity contribution is 1.60.